The fourth-order valence-electron chi connectivity index (χ4n) is 2.58. The third-order valence-electron chi connectivity index (χ3n) is 3.63. The van der Waals surface area contributed by atoms with E-state index in [-0.39, 0.29) is 12.5 Å². The minimum Gasteiger partial charge on any atom is -0.482 e. The molecule has 0 aromatic heterocycles. The van der Waals surface area contributed by atoms with Gasteiger partial charge in [0.1, 0.15) is 5.75 Å². The lowest BCUT2D eigenvalue weighted by atomic mass is 10.1. The van der Waals surface area contributed by atoms with Crippen molar-refractivity contribution in [3.05, 3.63) is 57.0 Å². The molecule has 0 saturated carbocycles. The first kappa shape index (κ1) is 15.4. The van der Waals surface area contributed by atoms with E-state index in [0.29, 0.717) is 10.8 Å². The van der Waals surface area contributed by atoms with Gasteiger partial charge in [-0.25, -0.2) is 0 Å². The van der Waals surface area contributed by atoms with Crippen molar-refractivity contribution in [3.8, 4) is 5.75 Å². The first-order valence-corrected chi connectivity index (χ1v) is 8.28. The standard InChI is InChI=1S/C17H15BrClNO2/c18-13-5-7-16(15(19)9-13)22-10-17(21)20-14-6-4-11-2-1-3-12(11)8-14/h4-9H,1-3,10H2,(H,20,21). The Hall–Kier alpha value is -1.52. The van der Waals surface area contributed by atoms with Gasteiger partial charge in [-0.2, -0.15) is 0 Å². The molecule has 2 aromatic carbocycles. The quantitative estimate of drug-likeness (QED) is 0.841. The van der Waals surface area contributed by atoms with Gasteiger partial charge in [-0.05, 0) is 60.7 Å². The summed E-state index contributed by atoms with van der Waals surface area (Å²) in [5.74, 6) is 0.297. The van der Waals surface area contributed by atoms with Gasteiger partial charge in [0.15, 0.2) is 6.61 Å². The van der Waals surface area contributed by atoms with Crippen molar-refractivity contribution in [1.82, 2.24) is 0 Å². The van der Waals surface area contributed by atoms with E-state index in [1.54, 1.807) is 12.1 Å². The Morgan fingerprint density at radius 1 is 1.18 bits per heavy atom. The molecule has 1 amide bonds. The first-order chi connectivity index (χ1) is 10.6. The van der Waals surface area contributed by atoms with Crippen LogP contribution in [0.5, 0.6) is 5.75 Å². The molecule has 0 unspecified atom stereocenters. The summed E-state index contributed by atoms with van der Waals surface area (Å²) in [6.45, 7) is -0.0710. The number of halogens is 2. The SMILES string of the molecule is O=C(COc1ccc(Br)cc1Cl)Nc1ccc2c(c1)CCC2. The predicted octanol–water partition coefficient (Wildman–Crippen LogP) is 4.61. The number of fused-ring (bicyclic) bond motifs is 1. The maximum Gasteiger partial charge on any atom is 0.262 e. The normalized spacial score (nSPS) is 12.8. The van der Waals surface area contributed by atoms with Crippen molar-refractivity contribution < 1.29 is 9.53 Å². The van der Waals surface area contributed by atoms with Crippen LogP contribution in [0.2, 0.25) is 5.02 Å². The number of hydrogen-bond acceptors (Lipinski definition) is 2. The van der Waals surface area contributed by atoms with Crippen molar-refractivity contribution in [2.75, 3.05) is 11.9 Å². The maximum absolute atomic E-state index is 12.0. The summed E-state index contributed by atoms with van der Waals surface area (Å²) in [4.78, 5) is 12.0. The third-order valence-corrected chi connectivity index (χ3v) is 4.42. The molecule has 0 saturated heterocycles. The maximum atomic E-state index is 12.0. The highest BCUT2D eigenvalue weighted by atomic mass is 79.9. The number of hydrogen-bond donors (Lipinski definition) is 1. The molecule has 2 aromatic rings. The number of aryl methyl sites for hydroxylation is 2. The zero-order chi connectivity index (χ0) is 15.5. The van der Waals surface area contributed by atoms with Crippen molar-refractivity contribution in [3.63, 3.8) is 0 Å². The molecule has 3 rings (SSSR count). The van der Waals surface area contributed by atoms with Gasteiger partial charge < -0.3 is 10.1 Å². The smallest absolute Gasteiger partial charge is 0.262 e. The van der Waals surface area contributed by atoms with Gasteiger partial charge in [0.2, 0.25) is 0 Å². The Labute approximate surface area is 142 Å². The molecule has 0 heterocycles. The van der Waals surface area contributed by atoms with E-state index < -0.39 is 0 Å². The second-order valence-electron chi connectivity index (χ2n) is 5.25. The van der Waals surface area contributed by atoms with Crippen LogP contribution in [-0.4, -0.2) is 12.5 Å². The highest BCUT2D eigenvalue weighted by Gasteiger charge is 2.12. The molecule has 3 nitrogen and oxygen atoms in total. The van der Waals surface area contributed by atoms with Gasteiger partial charge >= 0.3 is 0 Å². The summed E-state index contributed by atoms with van der Waals surface area (Å²) < 4.78 is 6.32. The number of anilines is 1. The number of rotatable bonds is 4. The summed E-state index contributed by atoms with van der Waals surface area (Å²) in [5.41, 5.74) is 3.53. The lowest BCUT2D eigenvalue weighted by Crippen LogP contribution is -2.20. The van der Waals surface area contributed by atoms with E-state index in [9.17, 15) is 4.79 Å². The van der Waals surface area contributed by atoms with E-state index in [4.69, 9.17) is 16.3 Å². The van der Waals surface area contributed by atoms with E-state index >= 15 is 0 Å². The molecule has 1 aliphatic carbocycles. The minimum absolute atomic E-state index is 0.0710. The van der Waals surface area contributed by atoms with Crippen LogP contribution in [0, 0.1) is 0 Å². The fourth-order valence-corrected chi connectivity index (χ4v) is 3.31. The highest BCUT2D eigenvalue weighted by Crippen LogP contribution is 2.28. The summed E-state index contributed by atoms with van der Waals surface area (Å²) in [6, 6.07) is 11.4. The van der Waals surface area contributed by atoms with Crippen LogP contribution in [0.15, 0.2) is 40.9 Å². The monoisotopic (exact) mass is 379 g/mol. The molecule has 5 heteroatoms. The van der Waals surface area contributed by atoms with Crippen LogP contribution in [0.1, 0.15) is 17.5 Å². The van der Waals surface area contributed by atoms with Gasteiger partial charge in [-0.15, -0.1) is 0 Å². The molecule has 0 fully saturated rings. The second kappa shape index (κ2) is 6.71. The van der Waals surface area contributed by atoms with Crippen LogP contribution in [0.25, 0.3) is 0 Å². The molecular weight excluding hydrogens is 366 g/mol. The minimum atomic E-state index is -0.197. The fraction of sp³-hybridized carbons (Fsp3) is 0.235. The van der Waals surface area contributed by atoms with Gasteiger partial charge in [0.05, 0.1) is 5.02 Å². The van der Waals surface area contributed by atoms with Crippen LogP contribution >= 0.6 is 27.5 Å². The van der Waals surface area contributed by atoms with E-state index in [0.717, 1.165) is 23.0 Å². The number of carbonyl (C=O) groups excluding carboxylic acids is 1. The molecule has 0 atom stereocenters. The number of nitrogens with one attached hydrogen (secondary N) is 1. The van der Waals surface area contributed by atoms with E-state index in [1.807, 2.05) is 18.2 Å². The van der Waals surface area contributed by atoms with E-state index in [1.165, 1.54) is 17.5 Å². The Kier molecular flexibility index (Phi) is 4.69. The summed E-state index contributed by atoms with van der Waals surface area (Å²) in [5, 5.41) is 3.33. The summed E-state index contributed by atoms with van der Waals surface area (Å²) in [6.07, 6.45) is 3.41. The number of carbonyl (C=O) groups is 1. The molecule has 22 heavy (non-hydrogen) atoms. The first-order valence-electron chi connectivity index (χ1n) is 7.11. The van der Waals surface area contributed by atoms with Gasteiger partial charge in [-0.1, -0.05) is 33.6 Å². The predicted molar refractivity (Wildman–Crippen MR) is 91.7 cm³/mol. The van der Waals surface area contributed by atoms with Crippen molar-refractivity contribution in [2.45, 2.75) is 19.3 Å². The molecule has 0 radical (unpaired) electrons. The number of amides is 1. The molecule has 0 spiro atoms. The molecule has 0 bridgehead atoms. The molecule has 0 aliphatic heterocycles. The van der Waals surface area contributed by atoms with Crippen LogP contribution < -0.4 is 10.1 Å². The number of ether oxygens (including phenoxy) is 1. The number of benzene rings is 2. The molecular formula is C17H15BrClNO2. The second-order valence-corrected chi connectivity index (χ2v) is 6.57. The molecule has 114 valence electrons. The van der Waals surface area contributed by atoms with Crippen LogP contribution in [-0.2, 0) is 17.6 Å². The lowest BCUT2D eigenvalue weighted by molar-refractivity contribution is -0.118. The van der Waals surface area contributed by atoms with Crippen LogP contribution in [0.4, 0.5) is 5.69 Å². The Bertz CT molecular complexity index is 718. The van der Waals surface area contributed by atoms with Crippen molar-refractivity contribution >= 4 is 39.1 Å². The van der Waals surface area contributed by atoms with Gasteiger partial charge in [0, 0.05) is 10.2 Å². The molecule has 1 N–H and O–H groups in total. The third kappa shape index (κ3) is 3.62. The van der Waals surface area contributed by atoms with Crippen molar-refractivity contribution in [2.24, 2.45) is 0 Å². The van der Waals surface area contributed by atoms with Gasteiger partial charge in [0.25, 0.3) is 5.91 Å². The largest absolute Gasteiger partial charge is 0.482 e. The average Bonchev–Trinajstić information content (AvgIpc) is 2.94. The molecule has 1 aliphatic rings. The Balaban J connectivity index is 1.58. The Morgan fingerprint density at radius 2 is 2.00 bits per heavy atom. The van der Waals surface area contributed by atoms with E-state index in [2.05, 4.69) is 27.3 Å². The van der Waals surface area contributed by atoms with Crippen molar-refractivity contribution in [1.29, 1.82) is 0 Å². The zero-order valence-corrected chi connectivity index (χ0v) is 14.2. The summed E-state index contributed by atoms with van der Waals surface area (Å²) in [7, 11) is 0. The topological polar surface area (TPSA) is 38.3 Å². The zero-order valence-electron chi connectivity index (χ0n) is 11.9. The van der Waals surface area contributed by atoms with Gasteiger partial charge in [-0.3, -0.25) is 4.79 Å². The Morgan fingerprint density at radius 3 is 2.82 bits per heavy atom. The van der Waals surface area contributed by atoms with Crippen LogP contribution in [0.3, 0.4) is 0 Å². The highest BCUT2D eigenvalue weighted by molar-refractivity contribution is 9.10. The average molecular weight is 381 g/mol. The lowest BCUT2D eigenvalue weighted by Gasteiger charge is -2.10. The summed E-state index contributed by atoms with van der Waals surface area (Å²) >= 11 is 9.38.